The third-order valence-corrected chi connectivity index (χ3v) is 2.16. The molecule has 0 aliphatic heterocycles. The fourth-order valence-electron chi connectivity index (χ4n) is 1.32. The van der Waals surface area contributed by atoms with E-state index < -0.39 is 0 Å². The van der Waals surface area contributed by atoms with Crippen molar-refractivity contribution in [1.82, 2.24) is 5.43 Å². The molecular formula is C12H15FN2. The Balaban J connectivity index is 2.57. The maximum atomic E-state index is 12.6. The fraction of sp³-hybridized carbons (Fsp3) is 0.333. The van der Waals surface area contributed by atoms with E-state index in [1.165, 1.54) is 12.1 Å². The SMILES string of the molecule is CC#CCC(Cc1ccc(F)cc1)NN. The van der Waals surface area contributed by atoms with E-state index in [9.17, 15) is 4.39 Å². The second-order valence-corrected chi connectivity index (χ2v) is 3.33. The van der Waals surface area contributed by atoms with Crippen molar-refractivity contribution in [3.8, 4) is 11.8 Å². The van der Waals surface area contributed by atoms with Gasteiger partial charge in [-0.3, -0.25) is 11.3 Å². The maximum Gasteiger partial charge on any atom is 0.123 e. The summed E-state index contributed by atoms with van der Waals surface area (Å²) in [5.41, 5.74) is 3.76. The van der Waals surface area contributed by atoms with Crippen LogP contribution in [-0.2, 0) is 6.42 Å². The average Bonchev–Trinajstić information content (AvgIpc) is 2.27. The normalized spacial score (nSPS) is 11.7. The molecule has 3 N–H and O–H groups in total. The van der Waals surface area contributed by atoms with Crippen LogP contribution in [0.3, 0.4) is 0 Å². The van der Waals surface area contributed by atoms with Gasteiger partial charge in [-0.1, -0.05) is 12.1 Å². The number of hydrogen-bond donors (Lipinski definition) is 2. The lowest BCUT2D eigenvalue weighted by atomic mass is 10.0. The fourth-order valence-corrected chi connectivity index (χ4v) is 1.32. The van der Waals surface area contributed by atoms with E-state index in [1.54, 1.807) is 19.1 Å². The number of nitrogens with one attached hydrogen (secondary N) is 1. The van der Waals surface area contributed by atoms with Gasteiger partial charge >= 0.3 is 0 Å². The molecule has 0 amide bonds. The standard InChI is InChI=1S/C12H15FN2/c1-2-3-4-12(15-14)9-10-5-7-11(13)8-6-10/h5-8,12,15H,4,9,14H2,1H3. The van der Waals surface area contributed by atoms with Crippen LogP contribution in [0.25, 0.3) is 0 Å². The van der Waals surface area contributed by atoms with Crippen molar-refractivity contribution in [2.45, 2.75) is 25.8 Å². The molecule has 0 radical (unpaired) electrons. The molecular weight excluding hydrogens is 191 g/mol. The molecule has 3 heteroatoms. The number of hydrazine groups is 1. The van der Waals surface area contributed by atoms with Crippen LogP contribution in [0.4, 0.5) is 4.39 Å². The van der Waals surface area contributed by atoms with Crippen LogP contribution in [-0.4, -0.2) is 6.04 Å². The van der Waals surface area contributed by atoms with E-state index in [0.29, 0.717) is 6.42 Å². The minimum absolute atomic E-state index is 0.114. The Morgan fingerprint density at radius 3 is 2.60 bits per heavy atom. The molecule has 0 aliphatic rings. The van der Waals surface area contributed by atoms with Gasteiger partial charge < -0.3 is 0 Å². The Bertz CT molecular complexity index is 348. The van der Waals surface area contributed by atoms with E-state index >= 15 is 0 Å². The number of rotatable bonds is 4. The minimum Gasteiger partial charge on any atom is -0.271 e. The molecule has 80 valence electrons. The quantitative estimate of drug-likeness (QED) is 0.446. The predicted octanol–water partition coefficient (Wildman–Crippen LogP) is 1.61. The number of hydrogen-bond acceptors (Lipinski definition) is 2. The van der Waals surface area contributed by atoms with Crippen LogP contribution < -0.4 is 11.3 Å². The second kappa shape index (κ2) is 6.18. The summed E-state index contributed by atoms with van der Waals surface area (Å²) in [7, 11) is 0. The van der Waals surface area contributed by atoms with Gasteiger partial charge in [-0.25, -0.2) is 4.39 Å². The van der Waals surface area contributed by atoms with Crippen LogP contribution in [0.15, 0.2) is 24.3 Å². The molecule has 1 unspecified atom stereocenters. The van der Waals surface area contributed by atoms with Crippen molar-refractivity contribution < 1.29 is 4.39 Å². The van der Waals surface area contributed by atoms with Crippen molar-refractivity contribution in [2.24, 2.45) is 5.84 Å². The van der Waals surface area contributed by atoms with Gasteiger partial charge in [0.1, 0.15) is 5.82 Å². The largest absolute Gasteiger partial charge is 0.271 e. The zero-order chi connectivity index (χ0) is 11.1. The highest BCUT2D eigenvalue weighted by Gasteiger charge is 2.05. The lowest BCUT2D eigenvalue weighted by Gasteiger charge is -2.12. The first-order valence-corrected chi connectivity index (χ1v) is 4.86. The Morgan fingerprint density at radius 2 is 2.07 bits per heavy atom. The molecule has 1 aromatic rings. The molecule has 1 atom stereocenters. The van der Waals surface area contributed by atoms with Gasteiger partial charge in [-0.05, 0) is 31.0 Å². The highest BCUT2D eigenvalue weighted by molar-refractivity contribution is 5.17. The van der Waals surface area contributed by atoms with Crippen molar-refractivity contribution in [3.05, 3.63) is 35.6 Å². The first-order chi connectivity index (χ1) is 7.26. The van der Waals surface area contributed by atoms with Crippen LogP contribution in [0.5, 0.6) is 0 Å². The molecule has 0 saturated carbocycles. The lowest BCUT2D eigenvalue weighted by molar-refractivity contribution is 0.536. The van der Waals surface area contributed by atoms with Crippen molar-refractivity contribution in [2.75, 3.05) is 0 Å². The molecule has 0 heterocycles. The lowest BCUT2D eigenvalue weighted by Crippen LogP contribution is -2.36. The van der Waals surface area contributed by atoms with Crippen molar-refractivity contribution in [3.63, 3.8) is 0 Å². The summed E-state index contributed by atoms with van der Waals surface area (Å²) < 4.78 is 12.6. The first kappa shape index (κ1) is 11.7. The summed E-state index contributed by atoms with van der Waals surface area (Å²) in [4.78, 5) is 0. The average molecular weight is 206 g/mol. The summed E-state index contributed by atoms with van der Waals surface area (Å²) in [5, 5.41) is 0. The second-order valence-electron chi connectivity index (χ2n) is 3.33. The van der Waals surface area contributed by atoms with Gasteiger partial charge in [0.15, 0.2) is 0 Å². The zero-order valence-corrected chi connectivity index (χ0v) is 8.76. The molecule has 2 nitrogen and oxygen atoms in total. The van der Waals surface area contributed by atoms with Gasteiger partial charge in [-0.15, -0.1) is 11.8 Å². The summed E-state index contributed by atoms with van der Waals surface area (Å²) in [5.74, 6) is 11.0. The Kier molecular flexibility index (Phi) is 4.82. The molecule has 0 aliphatic carbocycles. The number of nitrogens with two attached hydrogens (primary N) is 1. The van der Waals surface area contributed by atoms with Gasteiger partial charge in [0, 0.05) is 12.5 Å². The van der Waals surface area contributed by atoms with Crippen LogP contribution in [0.2, 0.25) is 0 Å². The van der Waals surface area contributed by atoms with Gasteiger partial charge in [0.05, 0.1) is 0 Å². The Hall–Kier alpha value is -1.37. The topological polar surface area (TPSA) is 38.0 Å². The Morgan fingerprint density at radius 1 is 1.40 bits per heavy atom. The molecule has 1 rings (SSSR count). The third kappa shape index (κ3) is 4.11. The molecule has 0 bridgehead atoms. The van der Waals surface area contributed by atoms with E-state index in [-0.39, 0.29) is 11.9 Å². The van der Waals surface area contributed by atoms with E-state index in [2.05, 4.69) is 17.3 Å². The van der Waals surface area contributed by atoms with Gasteiger partial charge in [0.2, 0.25) is 0 Å². The number of benzene rings is 1. The summed E-state index contributed by atoms with van der Waals surface area (Å²) in [6.45, 7) is 1.80. The van der Waals surface area contributed by atoms with Crippen LogP contribution in [0.1, 0.15) is 18.9 Å². The van der Waals surface area contributed by atoms with E-state index in [0.717, 1.165) is 12.0 Å². The molecule has 15 heavy (non-hydrogen) atoms. The highest BCUT2D eigenvalue weighted by atomic mass is 19.1. The van der Waals surface area contributed by atoms with E-state index in [4.69, 9.17) is 5.84 Å². The molecule has 0 spiro atoms. The molecule has 0 aromatic heterocycles. The van der Waals surface area contributed by atoms with Gasteiger partial charge in [0.25, 0.3) is 0 Å². The molecule has 0 fully saturated rings. The maximum absolute atomic E-state index is 12.6. The third-order valence-electron chi connectivity index (χ3n) is 2.16. The smallest absolute Gasteiger partial charge is 0.123 e. The molecule has 1 aromatic carbocycles. The zero-order valence-electron chi connectivity index (χ0n) is 8.76. The van der Waals surface area contributed by atoms with Crippen molar-refractivity contribution in [1.29, 1.82) is 0 Å². The van der Waals surface area contributed by atoms with Crippen molar-refractivity contribution >= 4 is 0 Å². The van der Waals surface area contributed by atoms with E-state index in [1.807, 2.05) is 0 Å². The molecule has 0 saturated heterocycles. The Labute approximate surface area is 89.6 Å². The highest BCUT2D eigenvalue weighted by Crippen LogP contribution is 2.06. The van der Waals surface area contributed by atoms with Crippen LogP contribution in [0, 0.1) is 17.7 Å². The van der Waals surface area contributed by atoms with Crippen LogP contribution >= 0.6 is 0 Å². The predicted molar refractivity (Wildman–Crippen MR) is 59.3 cm³/mol. The minimum atomic E-state index is -0.218. The summed E-state index contributed by atoms with van der Waals surface area (Å²) in [6, 6.07) is 6.55. The monoisotopic (exact) mass is 206 g/mol. The number of halogens is 1. The first-order valence-electron chi connectivity index (χ1n) is 4.86. The summed E-state index contributed by atoms with van der Waals surface area (Å²) in [6.07, 6.45) is 1.45. The summed E-state index contributed by atoms with van der Waals surface area (Å²) >= 11 is 0. The van der Waals surface area contributed by atoms with Gasteiger partial charge in [-0.2, -0.15) is 0 Å².